The Morgan fingerprint density at radius 2 is 1.88 bits per heavy atom. The fourth-order valence-electron chi connectivity index (χ4n) is 3.22. The van der Waals surface area contributed by atoms with Gasteiger partial charge >= 0.3 is 0 Å². The van der Waals surface area contributed by atoms with Crippen molar-refractivity contribution < 1.29 is 9.66 Å². The summed E-state index contributed by atoms with van der Waals surface area (Å²) in [5.41, 5.74) is 1.89. The lowest BCUT2D eigenvalue weighted by Gasteiger charge is -2.36. The van der Waals surface area contributed by atoms with Crippen LogP contribution in [0.1, 0.15) is 17.2 Å². The van der Waals surface area contributed by atoms with Crippen molar-refractivity contribution in [3.05, 3.63) is 68.7 Å². The van der Waals surface area contributed by atoms with Crippen LogP contribution in [0, 0.1) is 10.1 Å². The van der Waals surface area contributed by atoms with Gasteiger partial charge in [-0.2, -0.15) is 0 Å². The molecule has 1 fully saturated rings. The summed E-state index contributed by atoms with van der Waals surface area (Å²) in [6, 6.07) is 12.2. The van der Waals surface area contributed by atoms with Gasteiger partial charge in [-0.25, -0.2) is 0 Å². The topological polar surface area (TPSA) is 67.6 Å². The van der Waals surface area contributed by atoms with Gasteiger partial charge in [0.15, 0.2) is 0 Å². The molecule has 2 aromatic carbocycles. The highest BCUT2D eigenvalue weighted by Crippen LogP contribution is 2.37. The predicted octanol–water partition coefficient (Wildman–Crippen LogP) is 3.25. The summed E-state index contributed by atoms with van der Waals surface area (Å²) in [7, 11) is 1.58. The maximum atomic E-state index is 11.3. The van der Waals surface area contributed by atoms with Crippen LogP contribution in [0.5, 0.6) is 5.75 Å². The van der Waals surface area contributed by atoms with E-state index < -0.39 is 0 Å². The van der Waals surface area contributed by atoms with Gasteiger partial charge in [0.1, 0.15) is 5.75 Å². The summed E-state index contributed by atoms with van der Waals surface area (Å²) < 4.78 is 5.51. The number of piperazine rings is 1. The van der Waals surface area contributed by atoms with E-state index >= 15 is 0 Å². The molecule has 25 heavy (non-hydrogen) atoms. The molecular formula is C18H20ClN3O3. The van der Waals surface area contributed by atoms with Crippen LogP contribution in [0.25, 0.3) is 0 Å². The van der Waals surface area contributed by atoms with Crippen molar-refractivity contribution in [1.29, 1.82) is 0 Å². The van der Waals surface area contributed by atoms with E-state index in [1.165, 1.54) is 6.07 Å². The fraction of sp³-hybridized carbons (Fsp3) is 0.333. The summed E-state index contributed by atoms with van der Waals surface area (Å²) in [6.45, 7) is 3.45. The standard InChI is InChI=1S/C18H20ClN3O3/c1-25-17-7-6-15(22(23)24)12-16(17)18(21-10-8-20-9-11-21)13-2-4-14(19)5-3-13/h2-7,12,18,20H,8-11H2,1H3. The van der Waals surface area contributed by atoms with E-state index in [0.717, 1.165) is 37.3 Å². The summed E-state index contributed by atoms with van der Waals surface area (Å²) in [4.78, 5) is 13.2. The number of halogens is 1. The Morgan fingerprint density at radius 3 is 2.48 bits per heavy atom. The number of nitrogens with zero attached hydrogens (tertiary/aromatic N) is 2. The lowest BCUT2D eigenvalue weighted by atomic mass is 9.95. The van der Waals surface area contributed by atoms with Crippen LogP contribution in [0.15, 0.2) is 42.5 Å². The van der Waals surface area contributed by atoms with E-state index in [4.69, 9.17) is 16.3 Å². The van der Waals surface area contributed by atoms with E-state index in [0.29, 0.717) is 10.8 Å². The van der Waals surface area contributed by atoms with Gasteiger partial charge in [-0.15, -0.1) is 0 Å². The molecule has 6 nitrogen and oxygen atoms in total. The molecule has 1 heterocycles. The molecule has 3 rings (SSSR count). The summed E-state index contributed by atoms with van der Waals surface area (Å²) in [5.74, 6) is 0.643. The van der Waals surface area contributed by atoms with Gasteiger partial charge < -0.3 is 10.1 Å². The second kappa shape index (κ2) is 7.82. The van der Waals surface area contributed by atoms with Crippen molar-refractivity contribution in [2.24, 2.45) is 0 Å². The summed E-state index contributed by atoms with van der Waals surface area (Å²) >= 11 is 6.04. The lowest BCUT2D eigenvalue weighted by molar-refractivity contribution is -0.385. The molecule has 2 aromatic rings. The highest BCUT2D eigenvalue weighted by molar-refractivity contribution is 6.30. The molecule has 0 aromatic heterocycles. The molecule has 0 radical (unpaired) electrons. The molecule has 0 bridgehead atoms. The molecule has 1 aliphatic rings. The number of rotatable bonds is 5. The van der Waals surface area contributed by atoms with Crippen LogP contribution in [-0.4, -0.2) is 43.1 Å². The number of benzene rings is 2. The van der Waals surface area contributed by atoms with Crippen LogP contribution < -0.4 is 10.1 Å². The first-order valence-corrected chi connectivity index (χ1v) is 8.50. The third-order valence-corrected chi connectivity index (χ3v) is 4.67. The molecule has 7 heteroatoms. The van der Waals surface area contributed by atoms with Gasteiger partial charge in [-0.3, -0.25) is 15.0 Å². The smallest absolute Gasteiger partial charge is 0.270 e. The number of nitro benzene ring substituents is 1. The molecule has 1 atom stereocenters. The maximum absolute atomic E-state index is 11.3. The number of ether oxygens (including phenoxy) is 1. The average Bonchev–Trinajstić information content (AvgIpc) is 2.64. The first-order valence-electron chi connectivity index (χ1n) is 8.12. The van der Waals surface area contributed by atoms with Crippen molar-refractivity contribution in [3.63, 3.8) is 0 Å². The Balaban J connectivity index is 2.11. The van der Waals surface area contributed by atoms with Crippen LogP contribution in [-0.2, 0) is 0 Å². The highest BCUT2D eigenvalue weighted by atomic mass is 35.5. The summed E-state index contributed by atoms with van der Waals surface area (Å²) in [5, 5.41) is 15.3. The molecular weight excluding hydrogens is 342 g/mol. The minimum atomic E-state index is -0.375. The van der Waals surface area contributed by atoms with Crippen molar-refractivity contribution in [1.82, 2.24) is 10.2 Å². The largest absolute Gasteiger partial charge is 0.496 e. The third-order valence-electron chi connectivity index (χ3n) is 4.42. The zero-order valence-corrected chi connectivity index (χ0v) is 14.7. The predicted molar refractivity (Wildman–Crippen MR) is 97.4 cm³/mol. The van der Waals surface area contributed by atoms with E-state index in [9.17, 15) is 10.1 Å². The van der Waals surface area contributed by atoms with Crippen LogP contribution in [0.2, 0.25) is 5.02 Å². The Labute approximate surface area is 151 Å². The van der Waals surface area contributed by atoms with Gasteiger partial charge in [0.05, 0.1) is 18.1 Å². The molecule has 1 saturated heterocycles. The van der Waals surface area contributed by atoms with E-state index in [-0.39, 0.29) is 16.7 Å². The van der Waals surface area contributed by atoms with E-state index in [1.807, 2.05) is 24.3 Å². The summed E-state index contributed by atoms with van der Waals surface area (Å²) in [6.07, 6.45) is 0. The molecule has 132 valence electrons. The zero-order valence-electron chi connectivity index (χ0n) is 13.9. The van der Waals surface area contributed by atoms with Crippen molar-refractivity contribution in [2.75, 3.05) is 33.3 Å². The zero-order chi connectivity index (χ0) is 17.8. The Kier molecular flexibility index (Phi) is 5.53. The molecule has 0 aliphatic carbocycles. The highest BCUT2D eigenvalue weighted by Gasteiger charge is 2.28. The van der Waals surface area contributed by atoms with Crippen molar-refractivity contribution >= 4 is 17.3 Å². The third kappa shape index (κ3) is 3.92. The number of nitrogens with one attached hydrogen (secondary N) is 1. The Hall–Kier alpha value is -2.15. The van der Waals surface area contributed by atoms with Gasteiger partial charge in [0.2, 0.25) is 0 Å². The number of hydrogen-bond donors (Lipinski definition) is 1. The van der Waals surface area contributed by atoms with Crippen LogP contribution in [0.4, 0.5) is 5.69 Å². The SMILES string of the molecule is COc1ccc([N+](=O)[O-])cc1C(c1ccc(Cl)cc1)N1CCNCC1. The van der Waals surface area contributed by atoms with E-state index in [1.54, 1.807) is 19.2 Å². The average molecular weight is 362 g/mol. The molecule has 1 N–H and O–H groups in total. The first kappa shape index (κ1) is 17.7. The number of methoxy groups -OCH3 is 1. The second-order valence-electron chi connectivity index (χ2n) is 5.92. The van der Waals surface area contributed by atoms with Gasteiger partial charge in [-0.05, 0) is 23.8 Å². The van der Waals surface area contributed by atoms with Gasteiger partial charge in [0, 0.05) is 48.9 Å². The lowest BCUT2D eigenvalue weighted by Crippen LogP contribution is -2.45. The van der Waals surface area contributed by atoms with Crippen LogP contribution in [0.3, 0.4) is 0 Å². The fourth-order valence-corrected chi connectivity index (χ4v) is 3.35. The second-order valence-corrected chi connectivity index (χ2v) is 6.36. The minimum Gasteiger partial charge on any atom is -0.496 e. The molecule has 0 saturated carbocycles. The van der Waals surface area contributed by atoms with Crippen LogP contribution >= 0.6 is 11.6 Å². The number of non-ortho nitro benzene ring substituents is 1. The van der Waals surface area contributed by atoms with E-state index in [2.05, 4.69) is 10.2 Å². The molecule has 0 amide bonds. The number of nitro groups is 1. The molecule has 0 spiro atoms. The van der Waals surface area contributed by atoms with Crippen molar-refractivity contribution in [2.45, 2.75) is 6.04 Å². The quantitative estimate of drug-likeness (QED) is 0.654. The maximum Gasteiger partial charge on any atom is 0.270 e. The normalized spacial score (nSPS) is 16.4. The Morgan fingerprint density at radius 1 is 1.20 bits per heavy atom. The minimum absolute atomic E-state index is 0.0601. The monoisotopic (exact) mass is 361 g/mol. The number of hydrogen-bond acceptors (Lipinski definition) is 5. The van der Waals surface area contributed by atoms with Crippen molar-refractivity contribution in [3.8, 4) is 5.75 Å². The molecule has 1 aliphatic heterocycles. The molecule has 1 unspecified atom stereocenters. The first-order chi connectivity index (χ1) is 12.1. The van der Waals surface area contributed by atoms with Gasteiger partial charge in [-0.1, -0.05) is 23.7 Å². The van der Waals surface area contributed by atoms with Gasteiger partial charge in [0.25, 0.3) is 5.69 Å². The Bertz CT molecular complexity index is 746.